The Morgan fingerprint density at radius 2 is 1.05 bits per heavy atom. The zero-order chi connectivity index (χ0) is 29.5. The Balaban J connectivity index is 1.51. The van der Waals surface area contributed by atoms with Gasteiger partial charge in [-0.15, -0.1) is 0 Å². The van der Waals surface area contributed by atoms with Gasteiger partial charge < -0.3 is 0 Å². The highest BCUT2D eigenvalue weighted by Crippen LogP contribution is 2.36. The smallest absolute Gasteiger partial charge is 0.163 e. The number of aryl methyl sites for hydroxylation is 3. The van der Waals surface area contributed by atoms with Crippen LogP contribution in [0.5, 0.6) is 0 Å². The van der Waals surface area contributed by atoms with Gasteiger partial charge in [-0.1, -0.05) is 108 Å². The highest BCUT2D eigenvalue weighted by molar-refractivity contribution is 5.81. The van der Waals surface area contributed by atoms with Gasteiger partial charge >= 0.3 is 0 Å². The molecule has 0 spiro atoms. The second-order valence-electron chi connectivity index (χ2n) is 13.1. The molecule has 0 saturated carbocycles. The molecule has 0 amide bonds. The lowest BCUT2D eigenvalue weighted by Gasteiger charge is -2.22. The molecule has 0 saturated heterocycles. The predicted octanol–water partition coefficient (Wildman–Crippen LogP) is 9.45. The molecule has 41 heavy (non-hydrogen) atoms. The van der Waals surface area contributed by atoms with Crippen molar-refractivity contribution >= 4 is 0 Å². The molecular formula is C37H40N4. The van der Waals surface area contributed by atoms with Crippen molar-refractivity contribution in [1.29, 1.82) is 0 Å². The van der Waals surface area contributed by atoms with E-state index in [0.29, 0.717) is 0 Å². The lowest BCUT2D eigenvalue weighted by molar-refractivity contribution is 0.497. The Bertz CT molecular complexity index is 1650. The van der Waals surface area contributed by atoms with Crippen LogP contribution >= 0.6 is 0 Å². The average Bonchev–Trinajstić information content (AvgIpc) is 2.93. The number of aromatic nitrogens is 4. The van der Waals surface area contributed by atoms with Crippen molar-refractivity contribution in [3.63, 3.8) is 0 Å². The summed E-state index contributed by atoms with van der Waals surface area (Å²) >= 11 is 0. The van der Waals surface area contributed by atoms with Gasteiger partial charge in [-0.3, -0.25) is 4.98 Å². The van der Waals surface area contributed by atoms with Crippen molar-refractivity contribution in [2.45, 2.75) is 73.1 Å². The van der Waals surface area contributed by atoms with Crippen molar-refractivity contribution in [3.05, 3.63) is 107 Å². The third-order valence-electron chi connectivity index (χ3n) is 7.43. The van der Waals surface area contributed by atoms with Crippen LogP contribution < -0.4 is 0 Å². The summed E-state index contributed by atoms with van der Waals surface area (Å²) in [6.07, 6.45) is 1.99. The minimum atomic E-state index is -0.163. The monoisotopic (exact) mass is 540 g/mol. The number of hydrogen-bond donors (Lipinski definition) is 0. The van der Waals surface area contributed by atoms with Crippen LogP contribution in [0.1, 0.15) is 69.9 Å². The summed E-state index contributed by atoms with van der Waals surface area (Å²) in [5.41, 5.74) is 11.3. The Hall–Kier alpha value is -4.18. The maximum Gasteiger partial charge on any atom is 0.163 e. The van der Waals surface area contributed by atoms with Crippen LogP contribution in [0.25, 0.3) is 44.9 Å². The zero-order valence-corrected chi connectivity index (χ0v) is 25.8. The summed E-state index contributed by atoms with van der Waals surface area (Å²) in [6, 6.07) is 25.8. The molecule has 208 valence electrons. The molecule has 0 radical (unpaired) electrons. The summed E-state index contributed by atoms with van der Waals surface area (Å²) in [4.78, 5) is 19.3. The fourth-order valence-electron chi connectivity index (χ4n) is 5.10. The molecule has 3 aromatic carbocycles. The highest BCUT2D eigenvalue weighted by atomic mass is 15.1. The molecule has 4 heteroatoms. The van der Waals surface area contributed by atoms with E-state index >= 15 is 0 Å². The van der Waals surface area contributed by atoms with E-state index in [1.54, 1.807) is 0 Å². The van der Waals surface area contributed by atoms with Crippen molar-refractivity contribution < 1.29 is 0 Å². The molecule has 0 atom stereocenters. The summed E-state index contributed by atoms with van der Waals surface area (Å²) in [5, 5.41) is 0. The van der Waals surface area contributed by atoms with Gasteiger partial charge in [0.25, 0.3) is 0 Å². The number of benzene rings is 3. The molecule has 5 rings (SSSR count). The standard InChI is InChI=1S/C37H40N4/c1-23-19-29(20-24(2)32(23)30-21-31(38-22-25(30)3)27-13-11-10-12-14-27)26-15-17-28(18-16-26)33-39-34(36(4,5)6)41-35(40-33)37(7,8)9/h10-22H,1-9H3. The van der Waals surface area contributed by atoms with E-state index in [0.717, 1.165) is 34.3 Å². The maximum atomic E-state index is 4.87. The predicted molar refractivity (Wildman–Crippen MR) is 171 cm³/mol. The Labute approximate surface area is 245 Å². The topological polar surface area (TPSA) is 51.6 Å². The number of pyridine rings is 1. The van der Waals surface area contributed by atoms with Crippen molar-refractivity contribution in [3.8, 4) is 44.9 Å². The van der Waals surface area contributed by atoms with Crippen LogP contribution in [-0.4, -0.2) is 19.9 Å². The first-order valence-corrected chi connectivity index (χ1v) is 14.3. The highest BCUT2D eigenvalue weighted by Gasteiger charge is 2.25. The molecule has 2 aromatic heterocycles. The molecule has 0 bridgehead atoms. The molecule has 2 heterocycles. The summed E-state index contributed by atoms with van der Waals surface area (Å²) in [5.74, 6) is 2.37. The Morgan fingerprint density at radius 3 is 1.59 bits per heavy atom. The first-order valence-electron chi connectivity index (χ1n) is 14.3. The van der Waals surface area contributed by atoms with Gasteiger partial charge in [-0.2, -0.15) is 0 Å². The molecule has 0 fully saturated rings. The van der Waals surface area contributed by atoms with E-state index in [2.05, 4.69) is 129 Å². The second kappa shape index (κ2) is 10.7. The zero-order valence-electron chi connectivity index (χ0n) is 25.8. The van der Waals surface area contributed by atoms with Crippen molar-refractivity contribution in [1.82, 2.24) is 19.9 Å². The Kier molecular flexibility index (Phi) is 7.37. The molecule has 0 aliphatic heterocycles. The van der Waals surface area contributed by atoms with Gasteiger partial charge in [-0.25, -0.2) is 15.0 Å². The summed E-state index contributed by atoms with van der Waals surface area (Å²) in [6.45, 7) is 19.4. The number of rotatable bonds is 4. The molecule has 0 N–H and O–H groups in total. The lowest BCUT2D eigenvalue weighted by Crippen LogP contribution is -2.24. The van der Waals surface area contributed by atoms with Crippen molar-refractivity contribution in [2.75, 3.05) is 0 Å². The van der Waals surface area contributed by atoms with E-state index < -0.39 is 0 Å². The van der Waals surface area contributed by atoms with E-state index in [1.807, 2.05) is 12.3 Å². The molecule has 4 nitrogen and oxygen atoms in total. The van der Waals surface area contributed by atoms with Gasteiger partial charge in [0.2, 0.25) is 0 Å². The van der Waals surface area contributed by atoms with Gasteiger partial charge in [-0.05, 0) is 65.8 Å². The van der Waals surface area contributed by atoms with E-state index in [9.17, 15) is 0 Å². The van der Waals surface area contributed by atoms with E-state index in [4.69, 9.17) is 19.9 Å². The number of nitrogens with zero attached hydrogens (tertiary/aromatic N) is 4. The van der Waals surface area contributed by atoms with E-state index in [-0.39, 0.29) is 10.8 Å². The fourth-order valence-corrected chi connectivity index (χ4v) is 5.10. The van der Waals surface area contributed by atoms with Crippen LogP contribution in [0, 0.1) is 20.8 Å². The van der Waals surface area contributed by atoms with Crippen LogP contribution in [0.4, 0.5) is 0 Å². The van der Waals surface area contributed by atoms with Crippen LogP contribution in [-0.2, 0) is 10.8 Å². The van der Waals surface area contributed by atoms with Gasteiger partial charge in [0, 0.05) is 28.2 Å². The van der Waals surface area contributed by atoms with Gasteiger partial charge in [0.15, 0.2) is 5.82 Å². The first kappa shape index (κ1) is 28.4. The SMILES string of the molecule is Cc1cnc(-c2ccccc2)cc1-c1c(C)cc(-c2ccc(-c3nc(C(C)(C)C)nc(C(C)(C)C)n3)cc2)cc1C. The van der Waals surface area contributed by atoms with Gasteiger partial charge in [0.05, 0.1) is 5.69 Å². The number of hydrogen-bond acceptors (Lipinski definition) is 4. The summed E-state index contributed by atoms with van der Waals surface area (Å²) < 4.78 is 0. The normalized spacial score (nSPS) is 12.0. The quantitative estimate of drug-likeness (QED) is 0.228. The van der Waals surface area contributed by atoms with Crippen LogP contribution in [0.3, 0.4) is 0 Å². The third-order valence-corrected chi connectivity index (χ3v) is 7.43. The third kappa shape index (κ3) is 5.97. The molecular weight excluding hydrogens is 500 g/mol. The minimum absolute atomic E-state index is 0.163. The molecule has 0 unspecified atom stereocenters. The molecule has 0 aliphatic carbocycles. The second-order valence-corrected chi connectivity index (χ2v) is 13.1. The summed E-state index contributed by atoms with van der Waals surface area (Å²) in [7, 11) is 0. The van der Waals surface area contributed by atoms with E-state index in [1.165, 1.54) is 38.9 Å². The fraction of sp³-hybridized carbons (Fsp3) is 0.297. The van der Waals surface area contributed by atoms with Crippen molar-refractivity contribution in [2.24, 2.45) is 0 Å². The molecule has 5 aromatic rings. The Morgan fingerprint density at radius 1 is 0.512 bits per heavy atom. The average molecular weight is 541 g/mol. The van der Waals surface area contributed by atoms with Crippen LogP contribution in [0.15, 0.2) is 79.0 Å². The lowest BCUT2D eigenvalue weighted by atomic mass is 9.89. The molecule has 0 aliphatic rings. The first-order chi connectivity index (χ1) is 19.3. The maximum absolute atomic E-state index is 4.87. The van der Waals surface area contributed by atoms with Gasteiger partial charge in [0.1, 0.15) is 11.6 Å². The minimum Gasteiger partial charge on any atom is -0.256 e. The van der Waals surface area contributed by atoms with Crippen LogP contribution in [0.2, 0.25) is 0 Å². The largest absolute Gasteiger partial charge is 0.256 e.